The van der Waals surface area contributed by atoms with Crippen molar-refractivity contribution < 1.29 is 17.6 Å². The minimum absolute atomic E-state index is 0.0213. The first kappa shape index (κ1) is 24.0. The number of benzene rings is 1. The van der Waals surface area contributed by atoms with Gasteiger partial charge < -0.3 is 10.2 Å². The zero-order valence-electron chi connectivity index (χ0n) is 17.7. The summed E-state index contributed by atoms with van der Waals surface area (Å²) in [5.41, 5.74) is 0.617. The van der Waals surface area contributed by atoms with Crippen molar-refractivity contribution in [1.82, 2.24) is 19.0 Å². The van der Waals surface area contributed by atoms with Crippen molar-refractivity contribution >= 4 is 21.6 Å². The first-order chi connectivity index (χ1) is 14.3. The standard InChI is InChI=1S/C20H30FN5O3S/c1-4-25(5-2)13-14-26-16-18(15-22-26)23-20(27)7-6-12-24(3)30(28,29)19-10-8-17(21)9-11-19/h8-11,15-16H,4-7,12-14H2,1-3H3,(H,23,27). The summed E-state index contributed by atoms with van der Waals surface area (Å²) in [6.45, 7) is 7.98. The molecule has 0 atom stereocenters. The predicted molar refractivity (Wildman–Crippen MR) is 114 cm³/mol. The van der Waals surface area contributed by atoms with Gasteiger partial charge in [0.1, 0.15) is 5.82 Å². The van der Waals surface area contributed by atoms with E-state index in [1.807, 2.05) is 0 Å². The Bertz CT molecular complexity index is 911. The van der Waals surface area contributed by atoms with Crippen LogP contribution in [0.2, 0.25) is 0 Å². The molecule has 8 nitrogen and oxygen atoms in total. The fourth-order valence-corrected chi connectivity index (χ4v) is 4.14. The molecule has 0 aliphatic carbocycles. The number of halogens is 1. The molecule has 1 N–H and O–H groups in total. The number of carbonyl (C=O) groups excluding carboxylic acids is 1. The third-order valence-electron chi connectivity index (χ3n) is 4.86. The van der Waals surface area contributed by atoms with Crippen LogP contribution >= 0.6 is 0 Å². The summed E-state index contributed by atoms with van der Waals surface area (Å²) in [5.74, 6) is -0.699. The van der Waals surface area contributed by atoms with Gasteiger partial charge in [0.25, 0.3) is 0 Å². The molecule has 1 amide bonds. The highest BCUT2D eigenvalue weighted by atomic mass is 32.2. The molecule has 0 unspecified atom stereocenters. The summed E-state index contributed by atoms with van der Waals surface area (Å²) in [7, 11) is -2.27. The number of amides is 1. The Morgan fingerprint density at radius 2 is 1.83 bits per heavy atom. The minimum atomic E-state index is -3.71. The van der Waals surface area contributed by atoms with Gasteiger partial charge >= 0.3 is 0 Å². The van der Waals surface area contributed by atoms with Crippen LogP contribution in [0.1, 0.15) is 26.7 Å². The van der Waals surface area contributed by atoms with E-state index >= 15 is 0 Å². The average molecular weight is 440 g/mol. The van der Waals surface area contributed by atoms with Gasteiger partial charge in [-0.05, 0) is 43.8 Å². The summed E-state index contributed by atoms with van der Waals surface area (Å²) in [6.07, 6.45) is 3.92. The van der Waals surface area contributed by atoms with Crippen molar-refractivity contribution in [1.29, 1.82) is 0 Å². The lowest BCUT2D eigenvalue weighted by Crippen LogP contribution is -2.28. The molecule has 2 rings (SSSR count). The smallest absolute Gasteiger partial charge is 0.242 e. The zero-order valence-corrected chi connectivity index (χ0v) is 18.5. The van der Waals surface area contributed by atoms with Crippen LogP contribution in [-0.2, 0) is 21.4 Å². The molecule has 0 spiro atoms. The second kappa shape index (κ2) is 11.2. The molecule has 2 aromatic rings. The van der Waals surface area contributed by atoms with Gasteiger partial charge in [-0.25, -0.2) is 17.1 Å². The molecule has 0 saturated heterocycles. The van der Waals surface area contributed by atoms with E-state index in [9.17, 15) is 17.6 Å². The number of hydrogen-bond donors (Lipinski definition) is 1. The van der Waals surface area contributed by atoms with Crippen LogP contribution in [0.25, 0.3) is 0 Å². The number of likely N-dealkylation sites (N-methyl/N-ethyl adjacent to an activating group) is 1. The Morgan fingerprint density at radius 3 is 2.47 bits per heavy atom. The second-order valence-corrected chi connectivity index (χ2v) is 9.00. The molecule has 1 aromatic carbocycles. The van der Waals surface area contributed by atoms with E-state index in [0.717, 1.165) is 38.3 Å². The summed E-state index contributed by atoms with van der Waals surface area (Å²) in [6, 6.07) is 4.67. The van der Waals surface area contributed by atoms with Crippen LogP contribution in [0.3, 0.4) is 0 Å². The van der Waals surface area contributed by atoms with Crippen molar-refractivity contribution in [2.75, 3.05) is 38.5 Å². The maximum absolute atomic E-state index is 13.0. The van der Waals surface area contributed by atoms with E-state index in [1.165, 1.54) is 23.5 Å². The lowest BCUT2D eigenvalue weighted by Gasteiger charge is -2.17. The van der Waals surface area contributed by atoms with Gasteiger partial charge in [-0.2, -0.15) is 5.10 Å². The quantitative estimate of drug-likeness (QED) is 0.549. The number of nitrogens with zero attached hydrogens (tertiary/aromatic N) is 4. The first-order valence-corrected chi connectivity index (χ1v) is 11.5. The van der Waals surface area contributed by atoms with Crippen molar-refractivity contribution in [3.8, 4) is 0 Å². The molecule has 0 saturated carbocycles. The summed E-state index contributed by atoms with van der Waals surface area (Å²) >= 11 is 0. The summed E-state index contributed by atoms with van der Waals surface area (Å²) in [4.78, 5) is 14.5. The fraction of sp³-hybridized carbons (Fsp3) is 0.500. The van der Waals surface area contributed by atoms with E-state index in [2.05, 4.69) is 29.2 Å². The largest absolute Gasteiger partial charge is 0.323 e. The minimum Gasteiger partial charge on any atom is -0.323 e. The Hall–Kier alpha value is -2.30. The number of rotatable bonds is 12. The Labute approximate surface area is 177 Å². The van der Waals surface area contributed by atoms with E-state index in [0.29, 0.717) is 12.1 Å². The molecule has 166 valence electrons. The van der Waals surface area contributed by atoms with Crippen LogP contribution in [0, 0.1) is 5.82 Å². The lowest BCUT2D eigenvalue weighted by molar-refractivity contribution is -0.116. The monoisotopic (exact) mass is 439 g/mol. The van der Waals surface area contributed by atoms with E-state index in [4.69, 9.17) is 0 Å². The van der Waals surface area contributed by atoms with E-state index < -0.39 is 15.8 Å². The highest BCUT2D eigenvalue weighted by Crippen LogP contribution is 2.15. The first-order valence-electron chi connectivity index (χ1n) is 10.0. The molecule has 10 heteroatoms. The third-order valence-corrected chi connectivity index (χ3v) is 6.73. The van der Waals surface area contributed by atoms with Crippen LogP contribution in [0.5, 0.6) is 0 Å². The molecule has 30 heavy (non-hydrogen) atoms. The molecule has 1 aromatic heterocycles. The Morgan fingerprint density at radius 1 is 1.17 bits per heavy atom. The third kappa shape index (κ3) is 6.89. The van der Waals surface area contributed by atoms with Gasteiger partial charge in [0.15, 0.2) is 0 Å². The van der Waals surface area contributed by atoms with E-state index in [-0.39, 0.29) is 23.8 Å². The van der Waals surface area contributed by atoms with Crippen LogP contribution in [0.4, 0.5) is 10.1 Å². The lowest BCUT2D eigenvalue weighted by atomic mass is 10.3. The highest BCUT2D eigenvalue weighted by Gasteiger charge is 2.20. The average Bonchev–Trinajstić information content (AvgIpc) is 3.16. The highest BCUT2D eigenvalue weighted by molar-refractivity contribution is 7.89. The Kier molecular flexibility index (Phi) is 8.94. The Balaban J connectivity index is 1.77. The van der Waals surface area contributed by atoms with Crippen molar-refractivity contribution in [3.63, 3.8) is 0 Å². The number of nitrogens with one attached hydrogen (secondary N) is 1. The SMILES string of the molecule is CCN(CC)CCn1cc(NC(=O)CCCN(C)S(=O)(=O)c2ccc(F)cc2)cn1. The topological polar surface area (TPSA) is 87.5 Å². The summed E-state index contributed by atoms with van der Waals surface area (Å²) in [5, 5.41) is 7.03. The van der Waals surface area contributed by atoms with Gasteiger partial charge in [-0.15, -0.1) is 0 Å². The second-order valence-electron chi connectivity index (χ2n) is 6.95. The van der Waals surface area contributed by atoms with Crippen LogP contribution in [0.15, 0.2) is 41.6 Å². The molecule has 1 heterocycles. The van der Waals surface area contributed by atoms with E-state index in [1.54, 1.807) is 17.1 Å². The molecule has 0 aliphatic rings. The van der Waals surface area contributed by atoms with Gasteiger partial charge in [-0.1, -0.05) is 13.8 Å². The molecule has 0 aliphatic heterocycles. The summed E-state index contributed by atoms with van der Waals surface area (Å²) < 4.78 is 40.9. The van der Waals surface area contributed by atoms with Gasteiger partial charge in [-0.3, -0.25) is 9.48 Å². The number of hydrogen-bond acceptors (Lipinski definition) is 5. The van der Waals surface area contributed by atoms with Gasteiger partial charge in [0.2, 0.25) is 15.9 Å². The predicted octanol–water partition coefficient (Wildman–Crippen LogP) is 2.40. The molecular formula is C20H30FN5O3S. The maximum atomic E-state index is 13.0. The van der Waals surface area contributed by atoms with Crippen molar-refractivity contribution in [2.45, 2.75) is 38.1 Å². The van der Waals surface area contributed by atoms with Crippen molar-refractivity contribution in [2.24, 2.45) is 0 Å². The molecule has 0 fully saturated rings. The number of carbonyl (C=O) groups is 1. The van der Waals surface area contributed by atoms with Gasteiger partial charge in [0.05, 0.1) is 23.3 Å². The van der Waals surface area contributed by atoms with Crippen LogP contribution in [-0.4, -0.2) is 66.5 Å². The molecule has 0 bridgehead atoms. The van der Waals surface area contributed by atoms with Crippen molar-refractivity contribution in [3.05, 3.63) is 42.5 Å². The van der Waals surface area contributed by atoms with Gasteiger partial charge in [0, 0.05) is 32.8 Å². The molecule has 0 radical (unpaired) electrons. The fourth-order valence-electron chi connectivity index (χ4n) is 2.93. The normalized spacial score (nSPS) is 11.9. The zero-order chi connectivity index (χ0) is 22.1. The number of aromatic nitrogens is 2. The molecular weight excluding hydrogens is 409 g/mol. The van der Waals surface area contributed by atoms with Crippen LogP contribution < -0.4 is 5.32 Å². The maximum Gasteiger partial charge on any atom is 0.242 e. The number of anilines is 1. The number of sulfonamides is 1.